The third-order valence-electron chi connectivity index (χ3n) is 3.44. The average Bonchev–Trinajstić information content (AvgIpc) is 2.43. The van der Waals surface area contributed by atoms with Crippen LogP contribution >= 0.6 is 11.6 Å². The minimum Gasteiger partial charge on any atom is -0.377 e. The van der Waals surface area contributed by atoms with Gasteiger partial charge >= 0.3 is 0 Å². The lowest BCUT2D eigenvalue weighted by molar-refractivity contribution is 0.00362. The van der Waals surface area contributed by atoms with Gasteiger partial charge in [0.2, 0.25) is 0 Å². The monoisotopic (exact) mass is 297 g/mol. The van der Waals surface area contributed by atoms with Crippen LogP contribution in [0.15, 0.2) is 24.3 Å². The van der Waals surface area contributed by atoms with E-state index in [1.807, 2.05) is 12.1 Å². The highest BCUT2D eigenvalue weighted by molar-refractivity contribution is 6.30. The fraction of sp³-hybridized carbons (Fsp3) is 0.647. The van der Waals surface area contributed by atoms with E-state index in [2.05, 4.69) is 45.1 Å². The SMILES string of the molecule is CCCNC(Cc1ccc(Cl)cc1)C(OCC)C(C)C. The van der Waals surface area contributed by atoms with Crippen LogP contribution in [0, 0.1) is 5.92 Å². The second-order valence-corrected chi connectivity index (χ2v) is 5.99. The second-order valence-electron chi connectivity index (χ2n) is 5.56. The van der Waals surface area contributed by atoms with Gasteiger partial charge in [-0.15, -0.1) is 0 Å². The number of ether oxygens (including phenoxy) is 1. The first kappa shape index (κ1) is 17.5. The van der Waals surface area contributed by atoms with Gasteiger partial charge in [-0.05, 0) is 49.9 Å². The summed E-state index contributed by atoms with van der Waals surface area (Å²) in [5.41, 5.74) is 1.30. The first-order chi connectivity index (χ1) is 9.58. The van der Waals surface area contributed by atoms with Gasteiger partial charge in [0.05, 0.1) is 6.10 Å². The molecule has 2 nitrogen and oxygen atoms in total. The van der Waals surface area contributed by atoms with E-state index in [4.69, 9.17) is 16.3 Å². The second kappa shape index (κ2) is 9.38. The summed E-state index contributed by atoms with van der Waals surface area (Å²) in [5.74, 6) is 0.497. The molecule has 1 aromatic carbocycles. The lowest BCUT2D eigenvalue weighted by Gasteiger charge is -2.31. The van der Waals surface area contributed by atoms with Crippen molar-refractivity contribution in [3.8, 4) is 0 Å². The molecule has 0 aromatic heterocycles. The molecule has 3 heteroatoms. The van der Waals surface area contributed by atoms with Crippen LogP contribution in [-0.2, 0) is 11.2 Å². The van der Waals surface area contributed by atoms with E-state index in [0.29, 0.717) is 12.0 Å². The summed E-state index contributed by atoms with van der Waals surface area (Å²) in [6.45, 7) is 10.5. The van der Waals surface area contributed by atoms with Crippen molar-refractivity contribution in [1.29, 1.82) is 0 Å². The van der Waals surface area contributed by atoms with E-state index in [-0.39, 0.29) is 6.10 Å². The maximum Gasteiger partial charge on any atom is 0.0753 e. The molecule has 0 aliphatic rings. The number of rotatable bonds is 9. The van der Waals surface area contributed by atoms with Gasteiger partial charge in [0.1, 0.15) is 0 Å². The summed E-state index contributed by atoms with van der Waals surface area (Å²) in [6, 6.07) is 8.46. The van der Waals surface area contributed by atoms with Gasteiger partial charge in [-0.25, -0.2) is 0 Å². The Bertz CT molecular complexity index is 364. The maximum atomic E-state index is 5.97. The Hall–Kier alpha value is -0.570. The Balaban J connectivity index is 2.78. The van der Waals surface area contributed by atoms with Crippen LogP contribution in [0.4, 0.5) is 0 Å². The van der Waals surface area contributed by atoms with E-state index in [0.717, 1.165) is 31.0 Å². The lowest BCUT2D eigenvalue weighted by atomic mass is 9.93. The highest BCUT2D eigenvalue weighted by Crippen LogP contribution is 2.17. The zero-order chi connectivity index (χ0) is 15.0. The summed E-state index contributed by atoms with van der Waals surface area (Å²) >= 11 is 5.95. The minimum absolute atomic E-state index is 0.238. The van der Waals surface area contributed by atoms with Crippen molar-refractivity contribution in [2.75, 3.05) is 13.2 Å². The van der Waals surface area contributed by atoms with Crippen LogP contribution in [0.3, 0.4) is 0 Å². The number of hydrogen-bond acceptors (Lipinski definition) is 2. The van der Waals surface area contributed by atoms with Gasteiger partial charge in [0, 0.05) is 17.7 Å². The normalized spacial score (nSPS) is 14.5. The van der Waals surface area contributed by atoms with E-state index >= 15 is 0 Å². The predicted octanol–water partition coefficient (Wildman–Crippen LogP) is 4.31. The van der Waals surface area contributed by atoms with E-state index in [1.54, 1.807) is 0 Å². The molecule has 0 aliphatic carbocycles. The Morgan fingerprint density at radius 3 is 2.30 bits per heavy atom. The van der Waals surface area contributed by atoms with Gasteiger partial charge in [0.15, 0.2) is 0 Å². The molecule has 0 aliphatic heterocycles. The van der Waals surface area contributed by atoms with Gasteiger partial charge in [-0.3, -0.25) is 0 Å². The molecule has 1 rings (SSSR count). The van der Waals surface area contributed by atoms with Crippen molar-refractivity contribution >= 4 is 11.6 Å². The van der Waals surface area contributed by atoms with Gasteiger partial charge in [-0.2, -0.15) is 0 Å². The van der Waals surface area contributed by atoms with Crippen LogP contribution in [0.2, 0.25) is 5.02 Å². The molecule has 20 heavy (non-hydrogen) atoms. The van der Waals surface area contributed by atoms with Crippen LogP contribution in [0.5, 0.6) is 0 Å². The minimum atomic E-state index is 0.238. The molecule has 2 atom stereocenters. The predicted molar refractivity (Wildman–Crippen MR) is 87.5 cm³/mol. The van der Waals surface area contributed by atoms with Crippen LogP contribution in [-0.4, -0.2) is 25.3 Å². The Morgan fingerprint density at radius 1 is 1.15 bits per heavy atom. The molecular formula is C17H28ClNO. The molecule has 114 valence electrons. The first-order valence-electron chi connectivity index (χ1n) is 7.67. The molecule has 0 heterocycles. The molecule has 1 aromatic rings. The third-order valence-corrected chi connectivity index (χ3v) is 3.69. The average molecular weight is 298 g/mol. The van der Waals surface area contributed by atoms with Crippen molar-refractivity contribution in [2.45, 2.75) is 52.7 Å². The van der Waals surface area contributed by atoms with Crippen molar-refractivity contribution in [3.05, 3.63) is 34.9 Å². The summed E-state index contributed by atoms with van der Waals surface area (Å²) < 4.78 is 5.97. The van der Waals surface area contributed by atoms with Crippen molar-refractivity contribution < 1.29 is 4.74 Å². The summed E-state index contributed by atoms with van der Waals surface area (Å²) in [6.07, 6.45) is 2.34. The number of benzene rings is 1. The fourth-order valence-corrected chi connectivity index (χ4v) is 2.60. The van der Waals surface area contributed by atoms with Crippen LogP contribution in [0.25, 0.3) is 0 Å². The number of hydrogen-bond donors (Lipinski definition) is 1. The van der Waals surface area contributed by atoms with Crippen LogP contribution in [0.1, 0.15) is 39.7 Å². The van der Waals surface area contributed by atoms with Crippen molar-refractivity contribution in [2.24, 2.45) is 5.92 Å². The smallest absolute Gasteiger partial charge is 0.0753 e. The molecule has 0 spiro atoms. The van der Waals surface area contributed by atoms with Gasteiger partial charge in [-0.1, -0.05) is 44.5 Å². The molecular weight excluding hydrogens is 270 g/mol. The quantitative estimate of drug-likeness (QED) is 0.733. The van der Waals surface area contributed by atoms with Crippen molar-refractivity contribution in [1.82, 2.24) is 5.32 Å². The van der Waals surface area contributed by atoms with E-state index in [1.165, 1.54) is 5.56 Å². The number of nitrogens with one attached hydrogen (secondary N) is 1. The summed E-state index contributed by atoms with van der Waals surface area (Å²) in [4.78, 5) is 0. The first-order valence-corrected chi connectivity index (χ1v) is 8.05. The van der Waals surface area contributed by atoms with Gasteiger partial charge in [0.25, 0.3) is 0 Å². The highest BCUT2D eigenvalue weighted by atomic mass is 35.5. The molecule has 0 radical (unpaired) electrons. The molecule has 0 bridgehead atoms. The third kappa shape index (κ3) is 5.82. The zero-order valence-corrected chi connectivity index (χ0v) is 13.9. The highest BCUT2D eigenvalue weighted by Gasteiger charge is 2.24. The fourth-order valence-electron chi connectivity index (χ4n) is 2.47. The van der Waals surface area contributed by atoms with Crippen LogP contribution < -0.4 is 5.32 Å². The van der Waals surface area contributed by atoms with E-state index in [9.17, 15) is 0 Å². The summed E-state index contributed by atoms with van der Waals surface area (Å²) in [7, 11) is 0. The van der Waals surface area contributed by atoms with E-state index < -0.39 is 0 Å². The lowest BCUT2D eigenvalue weighted by Crippen LogP contribution is -2.46. The maximum absolute atomic E-state index is 5.97. The molecule has 0 amide bonds. The molecule has 0 saturated heterocycles. The Morgan fingerprint density at radius 2 is 1.80 bits per heavy atom. The summed E-state index contributed by atoms with van der Waals surface area (Å²) in [5, 5.41) is 4.43. The Kier molecular flexibility index (Phi) is 8.20. The Labute approximate surface area is 128 Å². The topological polar surface area (TPSA) is 21.3 Å². The molecule has 2 unspecified atom stereocenters. The standard InChI is InChI=1S/C17H28ClNO/c1-5-11-19-16(17(13(3)4)20-6-2)12-14-7-9-15(18)10-8-14/h7-10,13,16-17,19H,5-6,11-12H2,1-4H3. The van der Waals surface area contributed by atoms with Gasteiger partial charge < -0.3 is 10.1 Å². The molecule has 0 saturated carbocycles. The zero-order valence-electron chi connectivity index (χ0n) is 13.2. The molecule has 0 fully saturated rings. The van der Waals surface area contributed by atoms with Crippen molar-refractivity contribution in [3.63, 3.8) is 0 Å². The molecule has 1 N–H and O–H groups in total. The largest absolute Gasteiger partial charge is 0.377 e. The number of halogens is 1.